The summed E-state index contributed by atoms with van der Waals surface area (Å²) in [6.45, 7) is 1.39. The number of hydrogen-bond donors (Lipinski definition) is 2. The quantitative estimate of drug-likeness (QED) is 0.381. The molecule has 0 spiro atoms. The lowest BCUT2D eigenvalue weighted by Gasteiger charge is -2.30. The van der Waals surface area contributed by atoms with E-state index in [1.54, 1.807) is 34.7 Å². The Balaban J connectivity index is 0.00000289. The molecular weight excluding hydrogens is 507 g/mol. The molecule has 7 nitrogen and oxygen atoms in total. The third kappa shape index (κ3) is 5.51. The lowest BCUT2D eigenvalue weighted by molar-refractivity contribution is -0.134. The Kier molecular flexibility index (Phi) is 7.75. The Morgan fingerprint density at radius 3 is 2.60 bits per heavy atom. The SMILES string of the molecule is N[C@@H](Cc1cscn1)C(=O)N1CCn2c(nc(-c3ccc(F)cc3)c2Nc2ccc(Cl)cc2)C1.S. The van der Waals surface area contributed by atoms with Crippen LogP contribution in [0.15, 0.2) is 59.4 Å². The monoisotopic (exact) mass is 530 g/mol. The molecule has 1 aliphatic heterocycles. The van der Waals surface area contributed by atoms with E-state index in [1.165, 1.54) is 23.5 Å². The Morgan fingerprint density at radius 1 is 1.17 bits per heavy atom. The van der Waals surface area contributed by atoms with Gasteiger partial charge in [-0.2, -0.15) is 13.5 Å². The summed E-state index contributed by atoms with van der Waals surface area (Å²) in [7, 11) is 0. The summed E-state index contributed by atoms with van der Waals surface area (Å²) < 4.78 is 15.6. The Bertz CT molecular complexity index is 1300. The highest BCUT2D eigenvalue weighted by atomic mass is 35.5. The number of anilines is 2. The van der Waals surface area contributed by atoms with Gasteiger partial charge in [-0.05, 0) is 48.5 Å². The van der Waals surface area contributed by atoms with Crippen molar-refractivity contribution in [3.8, 4) is 11.3 Å². The van der Waals surface area contributed by atoms with Crippen LogP contribution in [0.1, 0.15) is 11.5 Å². The fourth-order valence-corrected chi connectivity index (χ4v) is 4.71. The first-order valence-corrected chi connectivity index (χ1v) is 12.1. The van der Waals surface area contributed by atoms with Crippen molar-refractivity contribution in [2.24, 2.45) is 5.73 Å². The highest BCUT2D eigenvalue weighted by Gasteiger charge is 2.29. The van der Waals surface area contributed by atoms with Gasteiger partial charge in [-0.15, -0.1) is 11.3 Å². The molecule has 11 heteroatoms. The molecule has 3 N–H and O–H groups in total. The summed E-state index contributed by atoms with van der Waals surface area (Å²) in [5.41, 5.74) is 11.1. The summed E-state index contributed by atoms with van der Waals surface area (Å²) >= 11 is 7.52. The first kappa shape index (κ1) is 25.2. The number of nitrogens with one attached hydrogen (secondary N) is 1. The molecule has 0 saturated carbocycles. The molecule has 0 aliphatic carbocycles. The van der Waals surface area contributed by atoms with Gasteiger partial charge in [0.05, 0.1) is 23.8 Å². The minimum atomic E-state index is -0.660. The average molecular weight is 531 g/mol. The van der Waals surface area contributed by atoms with Gasteiger partial charge in [0.1, 0.15) is 23.2 Å². The standard InChI is InChI=1S/C24H22ClFN6OS.H2S/c25-16-3-7-18(8-4-16)29-23-22(15-1-5-17(26)6-2-15)30-21-12-31(9-10-32(21)23)24(33)20(27)11-19-13-34-14-28-19;/h1-8,13-14,20,29H,9-12,27H2;1H2/t20-;/m0./s1. The van der Waals surface area contributed by atoms with E-state index in [0.717, 1.165) is 28.6 Å². The van der Waals surface area contributed by atoms with Crippen molar-refractivity contribution in [1.29, 1.82) is 0 Å². The Hall–Kier alpha value is -2.92. The summed E-state index contributed by atoms with van der Waals surface area (Å²) in [4.78, 5) is 23.8. The van der Waals surface area contributed by atoms with E-state index < -0.39 is 6.04 Å². The zero-order valence-electron chi connectivity index (χ0n) is 18.6. The van der Waals surface area contributed by atoms with E-state index in [-0.39, 0.29) is 25.2 Å². The minimum absolute atomic E-state index is 0. The average Bonchev–Trinajstić information content (AvgIpc) is 3.48. The van der Waals surface area contributed by atoms with Gasteiger partial charge in [0.15, 0.2) is 0 Å². The molecule has 1 amide bonds. The van der Waals surface area contributed by atoms with Crippen molar-refractivity contribution in [2.45, 2.75) is 25.6 Å². The van der Waals surface area contributed by atoms with Crippen LogP contribution in [0.25, 0.3) is 11.3 Å². The lowest BCUT2D eigenvalue weighted by atomic mass is 10.1. The number of halogens is 2. The largest absolute Gasteiger partial charge is 0.340 e. The van der Waals surface area contributed by atoms with Gasteiger partial charge in [0.25, 0.3) is 0 Å². The Labute approximate surface area is 218 Å². The van der Waals surface area contributed by atoms with Crippen molar-refractivity contribution >= 4 is 53.8 Å². The zero-order chi connectivity index (χ0) is 23.7. The lowest BCUT2D eigenvalue weighted by Crippen LogP contribution is -2.47. The second kappa shape index (κ2) is 10.8. The predicted octanol–water partition coefficient (Wildman–Crippen LogP) is 4.57. The number of nitrogens with zero attached hydrogens (tertiary/aromatic N) is 4. The molecule has 0 fully saturated rings. The molecule has 2 aromatic heterocycles. The number of hydrogen-bond acceptors (Lipinski definition) is 6. The molecule has 3 heterocycles. The number of thiazole rings is 1. The normalized spacial score (nSPS) is 13.6. The van der Waals surface area contributed by atoms with Crippen molar-refractivity contribution in [1.82, 2.24) is 19.4 Å². The molecule has 1 atom stereocenters. The van der Waals surface area contributed by atoms with Gasteiger partial charge in [0.2, 0.25) is 5.91 Å². The topological polar surface area (TPSA) is 89.1 Å². The van der Waals surface area contributed by atoms with Crippen molar-refractivity contribution < 1.29 is 9.18 Å². The molecule has 4 aromatic rings. The molecule has 0 radical (unpaired) electrons. The van der Waals surface area contributed by atoms with Crippen LogP contribution in [-0.4, -0.2) is 37.9 Å². The third-order valence-corrected chi connectivity index (χ3v) is 6.63. The second-order valence-electron chi connectivity index (χ2n) is 8.07. The van der Waals surface area contributed by atoms with Gasteiger partial charge in [0, 0.05) is 41.2 Å². The van der Waals surface area contributed by atoms with Gasteiger partial charge in [-0.3, -0.25) is 4.79 Å². The first-order valence-electron chi connectivity index (χ1n) is 10.8. The van der Waals surface area contributed by atoms with Crippen molar-refractivity contribution in [3.63, 3.8) is 0 Å². The van der Waals surface area contributed by atoms with E-state index in [9.17, 15) is 9.18 Å². The zero-order valence-corrected chi connectivity index (χ0v) is 21.2. The van der Waals surface area contributed by atoms with Gasteiger partial charge < -0.3 is 20.5 Å². The number of benzene rings is 2. The number of imidazole rings is 1. The number of amides is 1. The van der Waals surface area contributed by atoms with E-state index in [4.69, 9.17) is 22.3 Å². The first-order chi connectivity index (χ1) is 16.5. The third-order valence-electron chi connectivity index (χ3n) is 5.74. The van der Waals surface area contributed by atoms with Gasteiger partial charge in [-0.25, -0.2) is 14.4 Å². The summed E-state index contributed by atoms with van der Waals surface area (Å²) in [5.74, 6) is 1.07. The summed E-state index contributed by atoms with van der Waals surface area (Å²) in [6.07, 6.45) is 0.400. The molecule has 0 unspecified atom stereocenters. The molecular formula is C24H24ClFN6OS2. The van der Waals surface area contributed by atoms with E-state index >= 15 is 0 Å². The molecule has 182 valence electrons. The second-order valence-corrected chi connectivity index (χ2v) is 9.22. The smallest absolute Gasteiger partial charge is 0.240 e. The number of carbonyl (C=O) groups excluding carboxylic acids is 1. The maximum Gasteiger partial charge on any atom is 0.240 e. The Morgan fingerprint density at radius 2 is 1.91 bits per heavy atom. The predicted molar refractivity (Wildman–Crippen MR) is 142 cm³/mol. The fourth-order valence-electron chi connectivity index (χ4n) is 4.01. The van der Waals surface area contributed by atoms with E-state index in [1.807, 2.05) is 17.5 Å². The van der Waals surface area contributed by atoms with Crippen molar-refractivity contribution in [2.75, 3.05) is 11.9 Å². The van der Waals surface area contributed by atoms with E-state index in [2.05, 4.69) is 14.9 Å². The van der Waals surface area contributed by atoms with Crippen LogP contribution < -0.4 is 11.1 Å². The van der Waals surface area contributed by atoms with Gasteiger partial charge >= 0.3 is 0 Å². The van der Waals surface area contributed by atoms with Crippen LogP contribution in [0.4, 0.5) is 15.9 Å². The number of fused-ring (bicyclic) bond motifs is 1. The maximum absolute atomic E-state index is 13.6. The van der Waals surface area contributed by atoms with Crippen LogP contribution in [0, 0.1) is 5.82 Å². The number of nitrogens with two attached hydrogens (primary N) is 1. The molecule has 2 aromatic carbocycles. The molecule has 35 heavy (non-hydrogen) atoms. The maximum atomic E-state index is 13.6. The summed E-state index contributed by atoms with van der Waals surface area (Å²) in [6, 6.07) is 12.9. The molecule has 1 aliphatic rings. The van der Waals surface area contributed by atoms with E-state index in [0.29, 0.717) is 36.8 Å². The van der Waals surface area contributed by atoms with Crippen molar-refractivity contribution in [3.05, 3.63) is 81.8 Å². The van der Waals surface area contributed by atoms with Crippen LogP contribution in [0.5, 0.6) is 0 Å². The van der Waals surface area contributed by atoms with Crippen LogP contribution in [0.3, 0.4) is 0 Å². The van der Waals surface area contributed by atoms with Crippen LogP contribution in [0.2, 0.25) is 5.02 Å². The minimum Gasteiger partial charge on any atom is -0.340 e. The molecule has 5 rings (SSSR count). The fraction of sp³-hybridized carbons (Fsp3) is 0.208. The van der Waals surface area contributed by atoms with Crippen LogP contribution >= 0.6 is 36.4 Å². The summed E-state index contributed by atoms with van der Waals surface area (Å²) in [5, 5.41) is 5.97. The molecule has 0 saturated heterocycles. The number of aromatic nitrogens is 3. The van der Waals surface area contributed by atoms with Gasteiger partial charge in [-0.1, -0.05) is 11.6 Å². The number of rotatable bonds is 6. The highest BCUT2D eigenvalue weighted by molar-refractivity contribution is 7.59. The molecule has 0 bridgehead atoms. The van der Waals surface area contributed by atoms with Crippen LogP contribution in [-0.2, 0) is 24.3 Å². The highest BCUT2D eigenvalue weighted by Crippen LogP contribution is 2.33. The number of carbonyl (C=O) groups is 1.